The monoisotopic (exact) mass is 514 g/mol. The van der Waals surface area contributed by atoms with E-state index in [1.807, 2.05) is 0 Å². The average Bonchev–Trinajstić information content (AvgIpc) is 2.55. The topological polar surface area (TPSA) is 163 Å². The Hall–Kier alpha value is 0.650. The Balaban J connectivity index is 0.00000160. The predicted molar refractivity (Wildman–Crippen MR) is 121 cm³/mol. The van der Waals surface area contributed by atoms with Crippen LogP contribution < -0.4 is 0 Å². The summed E-state index contributed by atoms with van der Waals surface area (Å²) < 4.78 is 101. The summed E-state index contributed by atoms with van der Waals surface area (Å²) in [7, 11) is -16.2. The molecule has 152 valence electrons. The molecule has 0 spiro atoms. The second-order valence-corrected chi connectivity index (χ2v) is 10.2. The standard InChI is InChI=1S/C16H10O9S3.3Na.3H/c17-26(18,19)14-10-6-4-8-2-1-3-9-5-7-11(13(10)12(8)9)15(27(20,21)22)16(14)28(23,24)25;;;;;;/h1-7H,(H,17,18,19)(H,20,21,22)(H,23,24,25);;;;;;. The molecule has 0 saturated carbocycles. The second-order valence-electron chi connectivity index (χ2n) is 6.09. The Labute approximate surface area is 244 Å². The van der Waals surface area contributed by atoms with Gasteiger partial charge in [-0.2, -0.15) is 25.3 Å². The summed E-state index contributed by atoms with van der Waals surface area (Å²) in [6, 6.07) is 10.3. The van der Waals surface area contributed by atoms with Gasteiger partial charge < -0.3 is 0 Å². The van der Waals surface area contributed by atoms with Crippen molar-refractivity contribution >= 4 is 151 Å². The van der Waals surface area contributed by atoms with Crippen molar-refractivity contribution in [2.45, 2.75) is 14.7 Å². The van der Waals surface area contributed by atoms with E-state index in [1.54, 1.807) is 18.2 Å². The molecule has 3 N–H and O–H groups in total. The van der Waals surface area contributed by atoms with Crippen LogP contribution in [-0.2, 0) is 30.4 Å². The Morgan fingerprint density at radius 1 is 0.484 bits per heavy atom. The third-order valence-electron chi connectivity index (χ3n) is 4.45. The van der Waals surface area contributed by atoms with E-state index in [1.165, 1.54) is 24.3 Å². The molecule has 15 heteroatoms. The molecule has 0 aromatic heterocycles. The maximum absolute atomic E-state index is 12.0. The van der Waals surface area contributed by atoms with Crippen molar-refractivity contribution in [3.63, 3.8) is 0 Å². The summed E-state index contributed by atoms with van der Waals surface area (Å²) in [4.78, 5) is -4.26. The van der Waals surface area contributed by atoms with Crippen LogP contribution in [0.3, 0.4) is 0 Å². The molecule has 0 atom stereocenters. The molecule has 0 amide bonds. The fourth-order valence-electron chi connectivity index (χ4n) is 3.56. The molecule has 0 aliphatic heterocycles. The van der Waals surface area contributed by atoms with Crippen molar-refractivity contribution in [3.05, 3.63) is 42.5 Å². The van der Waals surface area contributed by atoms with Gasteiger partial charge in [0.15, 0.2) is 0 Å². The van der Waals surface area contributed by atoms with Crippen molar-refractivity contribution in [1.29, 1.82) is 0 Å². The van der Waals surface area contributed by atoms with Gasteiger partial charge in [0.05, 0.1) is 0 Å². The normalized spacial score (nSPS) is 12.4. The van der Waals surface area contributed by atoms with Crippen LogP contribution in [0.15, 0.2) is 57.2 Å². The van der Waals surface area contributed by atoms with E-state index >= 15 is 0 Å². The van der Waals surface area contributed by atoms with Crippen LogP contribution in [0.2, 0.25) is 0 Å². The molecule has 0 aliphatic carbocycles. The molecule has 4 aromatic rings. The van der Waals surface area contributed by atoms with Gasteiger partial charge in [0.1, 0.15) is 14.7 Å². The van der Waals surface area contributed by atoms with Gasteiger partial charge in [0.25, 0.3) is 30.4 Å². The van der Waals surface area contributed by atoms with E-state index in [4.69, 9.17) is 0 Å². The van der Waals surface area contributed by atoms with E-state index in [-0.39, 0.29) is 105 Å². The first-order chi connectivity index (χ1) is 12.8. The van der Waals surface area contributed by atoms with Crippen LogP contribution in [0.25, 0.3) is 32.3 Å². The van der Waals surface area contributed by atoms with Gasteiger partial charge in [-0.3, -0.25) is 13.7 Å². The van der Waals surface area contributed by atoms with Crippen LogP contribution >= 0.6 is 0 Å². The number of hydrogen-bond acceptors (Lipinski definition) is 6. The van der Waals surface area contributed by atoms with Crippen molar-refractivity contribution in [3.8, 4) is 0 Å². The van der Waals surface area contributed by atoms with Gasteiger partial charge >= 0.3 is 88.7 Å². The van der Waals surface area contributed by atoms with E-state index in [2.05, 4.69) is 0 Å². The van der Waals surface area contributed by atoms with Gasteiger partial charge in [0, 0.05) is 16.2 Å². The zero-order chi connectivity index (χ0) is 20.6. The number of rotatable bonds is 3. The molecule has 31 heavy (non-hydrogen) atoms. The summed E-state index contributed by atoms with van der Waals surface area (Å²) in [6.45, 7) is 0. The molecular formula is C16H13Na3O9S3. The van der Waals surface area contributed by atoms with Gasteiger partial charge in [-0.15, -0.1) is 0 Å². The Morgan fingerprint density at radius 3 is 1.16 bits per heavy atom. The Bertz CT molecular complexity index is 1530. The van der Waals surface area contributed by atoms with Crippen LogP contribution in [-0.4, -0.2) is 128 Å². The van der Waals surface area contributed by atoms with Gasteiger partial charge in [-0.1, -0.05) is 42.5 Å². The van der Waals surface area contributed by atoms with E-state index in [9.17, 15) is 38.9 Å². The van der Waals surface area contributed by atoms with Gasteiger partial charge in [-0.25, -0.2) is 0 Å². The molecule has 0 saturated heterocycles. The first-order valence-electron chi connectivity index (χ1n) is 7.48. The second kappa shape index (κ2) is 9.72. The van der Waals surface area contributed by atoms with Gasteiger partial charge in [-0.05, 0) is 16.2 Å². The minimum absolute atomic E-state index is 0. The fourth-order valence-corrected chi connectivity index (χ4v) is 7.14. The quantitative estimate of drug-likeness (QED) is 0.199. The summed E-state index contributed by atoms with van der Waals surface area (Å²) in [5.74, 6) is 0. The summed E-state index contributed by atoms with van der Waals surface area (Å²) >= 11 is 0. The van der Waals surface area contributed by atoms with Crippen LogP contribution in [0.1, 0.15) is 0 Å². The maximum atomic E-state index is 12.0. The summed E-state index contributed by atoms with van der Waals surface area (Å²) in [6.07, 6.45) is 0. The zero-order valence-electron chi connectivity index (χ0n) is 13.6. The fraction of sp³-hybridized carbons (Fsp3) is 0. The van der Waals surface area contributed by atoms with Crippen molar-refractivity contribution in [2.75, 3.05) is 0 Å². The van der Waals surface area contributed by atoms with Crippen molar-refractivity contribution in [2.24, 2.45) is 0 Å². The predicted octanol–water partition coefficient (Wildman–Crippen LogP) is 0.379. The third-order valence-corrected chi connectivity index (χ3v) is 7.51. The van der Waals surface area contributed by atoms with Gasteiger partial charge in [0.2, 0.25) is 0 Å². The Morgan fingerprint density at radius 2 is 0.839 bits per heavy atom. The van der Waals surface area contributed by atoms with Crippen LogP contribution in [0.5, 0.6) is 0 Å². The van der Waals surface area contributed by atoms with E-state index < -0.39 is 45.0 Å². The summed E-state index contributed by atoms with van der Waals surface area (Å²) in [5, 5.41) is 0.927. The number of benzene rings is 4. The summed E-state index contributed by atoms with van der Waals surface area (Å²) in [5.41, 5.74) is 0. The molecule has 0 fully saturated rings. The first-order valence-corrected chi connectivity index (χ1v) is 11.8. The Kier molecular flexibility index (Phi) is 9.31. The van der Waals surface area contributed by atoms with E-state index in [0.29, 0.717) is 16.2 Å². The van der Waals surface area contributed by atoms with Crippen molar-refractivity contribution in [1.82, 2.24) is 0 Å². The van der Waals surface area contributed by atoms with Crippen LogP contribution in [0.4, 0.5) is 0 Å². The van der Waals surface area contributed by atoms with Crippen LogP contribution in [0, 0.1) is 0 Å². The number of hydrogen-bond donors (Lipinski definition) is 3. The molecule has 0 aliphatic rings. The average molecular weight is 514 g/mol. The molecule has 0 heterocycles. The molecule has 4 aromatic carbocycles. The van der Waals surface area contributed by atoms with Crippen molar-refractivity contribution < 1.29 is 38.9 Å². The molecule has 0 bridgehead atoms. The molecular weight excluding hydrogens is 501 g/mol. The zero-order valence-corrected chi connectivity index (χ0v) is 16.0. The SMILES string of the molecule is O=S(=O)(O)c1c(S(=O)(=O)O)c2ccc3cccc4ccc(c1S(=O)(=O)O)c2c34.[NaH].[NaH].[NaH]. The molecule has 0 unspecified atom stereocenters. The molecule has 4 rings (SSSR count). The third kappa shape index (κ3) is 5.04. The van der Waals surface area contributed by atoms with E-state index in [0.717, 1.165) is 0 Å². The molecule has 0 radical (unpaired) electrons. The molecule has 9 nitrogen and oxygen atoms in total. The first kappa shape index (κ1) is 29.7. The minimum atomic E-state index is -5.50.